The maximum absolute atomic E-state index is 14.2. The number of aromatic nitrogens is 2. The largest absolute Gasteiger partial charge is 0.351 e. The van der Waals surface area contributed by atoms with Crippen molar-refractivity contribution in [3.05, 3.63) is 130 Å². The Hall–Kier alpha value is -5.36. The minimum Gasteiger partial charge on any atom is -0.351 e. The van der Waals surface area contributed by atoms with Gasteiger partial charge in [0.25, 0.3) is 11.8 Å². The first-order valence-corrected chi connectivity index (χ1v) is 18.3. The quantitative estimate of drug-likeness (QED) is 0.175. The summed E-state index contributed by atoms with van der Waals surface area (Å²) < 4.78 is 0. The topological polar surface area (TPSA) is 84.0 Å². The number of amides is 2. The lowest BCUT2D eigenvalue weighted by molar-refractivity contribution is 0.0593. The van der Waals surface area contributed by atoms with E-state index in [1.807, 2.05) is 60.7 Å². The van der Waals surface area contributed by atoms with Crippen LogP contribution in [-0.4, -0.2) is 34.4 Å². The molecule has 1 aliphatic carbocycles. The molecule has 1 fully saturated rings. The van der Waals surface area contributed by atoms with Gasteiger partial charge in [0.2, 0.25) is 0 Å². The number of nitrogens with zero attached hydrogens (tertiary/aromatic N) is 2. The standard InChI is InChI=1S/C46H48N4O2/c1-28-16-18-33(30(3)20-28)41-22-37(35-12-8-10-14-39(35)49-41)43(51)47-27-46(7)25-32(24-45(5,6)26-46)48-44(52)38-23-42(34-19-17-29(2)21-31(34)4)50-40-15-11-9-13-36(38)40/h8-23,32H,24-27H2,1-7H3,(H,47,51)(H,48,52)/t32-,46-/m0/s1. The Morgan fingerprint density at radius 3 is 1.67 bits per heavy atom. The molecule has 2 N–H and O–H groups in total. The smallest absolute Gasteiger partial charge is 0.252 e. The number of carbonyl (C=O) groups is 2. The first-order chi connectivity index (χ1) is 24.8. The van der Waals surface area contributed by atoms with Crippen LogP contribution >= 0.6 is 0 Å². The Kier molecular flexibility index (Phi) is 9.20. The van der Waals surface area contributed by atoms with Gasteiger partial charge in [-0.2, -0.15) is 0 Å². The normalized spacial score (nSPS) is 18.3. The van der Waals surface area contributed by atoms with E-state index in [1.54, 1.807) is 0 Å². The van der Waals surface area contributed by atoms with Crippen molar-refractivity contribution in [2.24, 2.45) is 10.8 Å². The molecule has 2 aromatic heterocycles. The van der Waals surface area contributed by atoms with Crippen LogP contribution in [0.2, 0.25) is 0 Å². The second-order valence-electron chi connectivity index (χ2n) is 16.2. The Morgan fingerprint density at radius 1 is 0.654 bits per heavy atom. The molecule has 6 heteroatoms. The molecular formula is C46H48N4O2. The van der Waals surface area contributed by atoms with E-state index in [9.17, 15) is 9.59 Å². The SMILES string of the molecule is Cc1ccc(-c2cc(C(=O)NC[C@@]3(C)C[C@@H](NC(=O)c4cc(-c5ccc(C)cc5C)nc5ccccc45)CC(C)(C)C3)c3ccccc3n2)c(C)c1. The molecule has 0 radical (unpaired) electrons. The van der Waals surface area contributed by atoms with Crippen molar-refractivity contribution in [2.45, 2.75) is 73.8 Å². The Bertz CT molecular complexity index is 2360. The molecule has 264 valence electrons. The zero-order chi connectivity index (χ0) is 36.8. The molecule has 7 rings (SSSR count). The summed E-state index contributed by atoms with van der Waals surface area (Å²) in [6, 6.07) is 32.2. The third-order valence-electron chi connectivity index (χ3n) is 10.7. The van der Waals surface area contributed by atoms with E-state index in [2.05, 4.69) is 95.5 Å². The van der Waals surface area contributed by atoms with Gasteiger partial charge >= 0.3 is 0 Å². The van der Waals surface area contributed by atoms with Crippen molar-refractivity contribution in [3.63, 3.8) is 0 Å². The molecule has 1 aliphatic rings. The maximum atomic E-state index is 14.2. The fourth-order valence-corrected chi connectivity index (χ4v) is 8.73. The second-order valence-corrected chi connectivity index (χ2v) is 16.2. The Labute approximate surface area is 307 Å². The number of para-hydroxylation sites is 2. The molecule has 4 aromatic carbocycles. The summed E-state index contributed by atoms with van der Waals surface area (Å²) in [5.74, 6) is -0.210. The molecule has 6 aromatic rings. The number of hydrogen-bond acceptors (Lipinski definition) is 4. The van der Waals surface area contributed by atoms with E-state index in [4.69, 9.17) is 9.97 Å². The van der Waals surface area contributed by atoms with Crippen LogP contribution in [0, 0.1) is 38.5 Å². The number of aryl methyl sites for hydroxylation is 4. The fourth-order valence-electron chi connectivity index (χ4n) is 8.73. The van der Waals surface area contributed by atoms with Gasteiger partial charge in [-0.3, -0.25) is 9.59 Å². The summed E-state index contributed by atoms with van der Waals surface area (Å²) in [5.41, 5.74) is 10.8. The average molecular weight is 689 g/mol. The van der Waals surface area contributed by atoms with E-state index >= 15 is 0 Å². The zero-order valence-corrected chi connectivity index (χ0v) is 31.4. The second kappa shape index (κ2) is 13.6. The summed E-state index contributed by atoms with van der Waals surface area (Å²) in [6.07, 6.45) is 2.52. The number of nitrogens with one attached hydrogen (secondary N) is 2. The van der Waals surface area contributed by atoms with E-state index in [0.29, 0.717) is 17.7 Å². The Morgan fingerprint density at radius 2 is 1.15 bits per heavy atom. The van der Waals surface area contributed by atoms with Crippen LogP contribution in [0.15, 0.2) is 97.1 Å². The summed E-state index contributed by atoms with van der Waals surface area (Å²) >= 11 is 0. The lowest BCUT2D eigenvalue weighted by Gasteiger charge is -2.47. The van der Waals surface area contributed by atoms with Crippen LogP contribution in [0.3, 0.4) is 0 Å². The van der Waals surface area contributed by atoms with E-state index in [0.717, 1.165) is 74.7 Å². The van der Waals surface area contributed by atoms with Crippen molar-refractivity contribution < 1.29 is 9.59 Å². The number of benzene rings is 4. The molecule has 2 heterocycles. The molecule has 6 nitrogen and oxygen atoms in total. The number of fused-ring (bicyclic) bond motifs is 2. The number of hydrogen-bond donors (Lipinski definition) is 2. The lowest BCUT2D eigenvalue weighted by Crippen LogP contribution is -2.50. The third-order valence-corrected chi connectivity index (χ3v) is 10.7. The number of carbonyl (C=O) groups excluding carboxylic acids is 2. The van der Waals surface area contributed by atoms with Crippen molar-refractivity contribution in [1.82, 2.24) is 20.6 Å². The Balaban J connectivity index is 1.13. The predicted octanol–water partition coefficient (Wildman–Crippen LogP) is 10.1. The molecule has 0 saturated heterocycles. The molecule has 2 amide bonds. The minimum atomic E-state index is -0.237. The number of rotatable bonds is 7. The van der Waals surface area contributed by atoms with E-state index in [1.165, 1.54) is 11.1 Å². The highest BCUT2D eigenvalue weighted by Crippen LogP contribution is 2.46. The zero-order valence-electron chi connectivity index (χ0n) is 31.4. The van der Waals surface area contributed by atoms with E-state index < -0.39 is 0 Å². The molecule has 0 bridgehead atoms. The van der Waals surface area contributed by atoms with Gasteiger partial charge in [0.15, 0.2) is 0 Å². The summed E-state index contributed by atoms with van der Waals surface area (Å²) in [4.78, 5) is 38.2. The van der Waals surface area contributed by atoms with Crippen molar-refractivity contribution in [3.8, 4) is 22.5 Å². The van der Waals surface area contributed by atoms with Crippen LogP contribution in [0.5, 0.6) is 0 Å². The first kappa shape index (κ1) is 35.1. The van der Waals surface area contributed by atoms with Crippen LogP contribution in [0.25, 0.3) is 44.3 Å². The van der Waals surface area contributed by atoms with Gasteiger partial charge in [-0.1, -0.05) is 105 Å². The van der Waals surface area contributed by atoms with Crippen molar-refractivity contribution in [2.75, 3.05) is 6.54 Å². The van der Waals surface area contributed by atoms with Gasteiger partial charge < -0.3 is 10.6 Å². The highest BCUT2D eigenvalue weighted by atomic mass is 16.2. The summed E-state index contributed by atoms with van der Waals surface area (Å²) in [6.45, 7) is 15.6. The van der Waals surface area contributed by atoms with Crippen LogP contribution < -0.4 is 10.6 Å². The minimum absolute atomic E-state index is 0.0420. The molecule has 0 spiro atoms. The van der Waals surface area contributed by atoms with Gasteiger partial charge in [-0.05, 0) is 93.2 Å². The van der Waals surface area contributed by atoms with Gasteiger partial charge in [0.05, 0.1) is 33.5 Å². The molecule has 0 aliphatic heterocycles. The van der Waals surface area contributed by atoms with Crippen LogP contribution in [0.4, 0.5) is 0 Å². The van der Waals surface area contributed by atoms with Gasteiger partial charge in [-0.25, -0.2) is 9.97 Å². The highest BCUT2D eigenvalue weighted by Gasteiger charge is 2.42. The first-order valence-electron chi connectivity index (χ1n) is 18.3. The third kappa shape index (κ3) is 7.20. The lowest BCUT2D eigenvalue weighted by atomic mass is 9.62. The summed E-state index contributed by atoms with van der Waals surface area (Å²) in [5, 5.41) is 8.42. The summed E-state index contributed by atoms with van der Waals surface area (Å²) in [7, 11) is 0. The molecule has 0 unspecified atom stereocenters. The van der Waals surface area contributed by atoms with Gasteiger partial charge in [0, 0.05) is 34.5 Å². The maximum Gasteiger partial charge on any atom is 0.252 e. The van der Waals surface area contributed by atoms with Gasteiger partial charge in [-0.15, -0.1) is 0 Å². The molecular weight excluding hydrogens is 641 g/mol. The van der Waals surface area contributed by atoms with Crippen LogP contribution in [-0.2, 0) is 0 Å². The fraction of sp³-hybridized carbons (Fsp3) is 0.304. The molecule has 2 atom stereocenters. The molecule has 1 saturated carbocycles. The monoisotopic (exact) mass is 688 g/mol. The predicted molar refractivity (Wildman–Crippen MR) is 213 cm³/mol. The van der Waals surface area contributed by atoms with Crippen molar-refractivity contribution >= 4 is 33.6 Å². The van der Waals surface area contributed by atoms with Crippen molar-refractivity contribution in [1.29, 1.82) is 0 Å². The average Bonchev–Trinajstić information content (AvgIpc) is 3.09. The molecule has 52 heavy (non-hydrogen) atoms. The van der Waals surface area contributed by atoms with Gasteiger partial charge in [0.1, 0.15) is 0 Å². The van der Waals surface area contributed by atoms with Crippen LogP contribution in [0.1, 0.15) is 83.0 Å². The highest BCUT2D eigenvalue weighted by molar-refractivity contribution is 6.08. The number of pyridine rings is 2. The van der Waals surface area contributed by atoms with E-state index in [-0.39, 0.29) is 28.7 Å².